The van der Waals surface area contributed by atoms with Gasteiger partial charge in [0.05, 0.1) is 16.9 Å². The summed E-state index contributed by atoms with van der Waals surface area (Å²) < 4.78 is 0. The summed E-state index contributed by atoms with van der Waals surface area (Å²) in [6.45, 7) is 3.59. The Labute approximate surface area is 120 Å². The molecule has 2 aromatic rings. The van der Waals surface area contributed by atoms with Crippen molar-refractivity contribution < 1.29 is 10.0 Å². The van der Waals surface area contributed by atoms with Crippen LogP contribution in [0.1, 0.15) is 26.5 Å². The molecule has 0 aliphatic carbocycles. The number of rotatable bonds is 3. The number of nitrogens with one attached hydrogen (secondary N) is 1. The smallest absolute Gasteiger partial charge is 0.267 e. The van der Waals surface area contributed by atoms with Crippen LogP contribution in [-0.4, -0.2) is 21.9 Å². The van der Waals surface area contributed by atoms with Crippen LogP contribution < -0.4 is 11.1 Å². The van der Waals surface area contributed by atoms with Gasteiger partial charge in [0.25, 0.3) is 5.91 Å². The Morgan fingerprint density at radius 1 is 1.45 bits per heavy atom. The minimum atomic E-state index is -0.261. The molecule has 0 saturated heterocycles. The van der Waals surface area contributed by atoms with Crippen molar-refractivity contribution in [2.24, 2.45) is 10.9 Å². The molecule has 0 unspecified atom stereocenters. The number of hydrogen-bond acceptors (Lipinski definition) is 5. The van der Waals surface area contributed by atoms with E-state index in [2.05, 4.69) is 15.5 Å². The van der Waals surface area contributed by atoms with Gasteiger partial charge in [-0.3, -0.25) is 4.79 Å². The molecule has 0 aliphatic heterocycles. The molecule has 0 spiro atoms. The summed E-state index contributed by atoms with van der Waals surface area (Å²) in [7, 11) is 0. The SMILES string of the molecule is Cc1cccc(NC(=O)c2scnc2C)c1/C(N)=N/O. The van der Waals surface area contributed by atoms with E-state index in [-0.39, 0.29) is 11.7 Å². The maximum Gasteiger partial charge on any atom is 0.267 e. The van der Waals surface area contributed by atoms with E-state index < -0.39 is 0 Å². The minimum Gasteiger partial charge on any atom is -0.409 e. The van der Waals surface area contributed by atoms with Crippen molar-refractivity contribution in [1.82, 2.24) is 4.98 Å². The van der Waals surface area contributed by atoms with Gasteiger partial charge in [0.2, 0.25) is 0 Å². The summed E-state index contributed by atoms with van der Waals surface area (Å²) in [5, 5.41) is 14.6. The van der Waals surface area contributed by atoms with Crippen molar-refractivity contribution in [3.8, 4) is 0 Å². The summed E-state index contributed by atoms with van der Waals surface area (Å²) in [4.78, 5) is 16.8. The number of carbonyl (C=O) groups is 1. The monoisotopic (exact) mass is 290 g/mol. The largest absolute Gasteiger partial charge is 0.409 e. The zero-order valence-electron chi connectivity index (χ0n) is 11.0. The van der Waals surface area contributed by atoms with E-state index in [0.717, 1.165) is 5.56 Å². The lowest BCUT2D eigenvalue weighted by Gasteiger charge is -2.12. The fourth-order valence-corrected chi connectivity index (χ4v) is 2.56. The third-order valence-corrected chi connectivity index (χ3v) is 3.76. The number of amides is 1. The zero-order valence-corrected chi connectivity index (χ0v) is 11.9. The molecule has 4 N–H and O–H groups in total. The number of anilines is 1. The van der Waals surface area contributed by atoms with Gasteiger partial charge in [-0.05, 0) is 25.5 Å². The molecule has 1 aromatic heterocycles. The fraction of sp³-hybridized carbons (Fsp3) is 0.154. The van der Waals surface area contributed by atoms with Crippen LogP contribution >= 0.6 is 11.3 Å². The van der Waals surface area contributed by atoms with Crippen molar-refractivity contribution in [3.05, 3.63) is 45.4 Å². The normalized spacial score (nSPS) is 11.4. The van der Waals surface area contributed by atoms with E-state index in [1.807, 2.05) is 13.0 Å². The molecule has 0 atom stereocenters. The highest BCUT2D eigenvalue weighted by Gasteiger charge is 2.16. The van der Waals surface area contributed by atoms with Crippen LogP contribution in [0.4, 0.5) is 5.69 Å². The predicted molar refractivity (Wildman–Crippen MR) is 78.5 cm³/mol. The fourth-order valence-electron chi connectivity index (χ4n) is 1.86. The van der Waals surface area contributed by atoms with Gasteiger partial charge >= 0.3 is 0 Å². The van der Waals surface area contributed by atoms with Gasteiger partial charge in [0.15, 0.2) is 5.84 Å². The second-order valence-corrected chi connectivity index (χ2v) is 5.06. The number of nitrogens with zero attached hydrogens (tertiary/aromatic N) is 2. The number of carbonyl (C=O) groups excluding carboxylic acids is 1. The molecule has 2 rings (SSSR count). The first-order valence-electron chi connectivity index (χ1n) is 5.83. The van der Waals surface area contributed by atoms with Crippen molar-refractivity contribution in [2.45, 2.75) is 13.8 Å². The standard InChI is InChI=1S/C13H14N4O2S/c1-7-4-3-5-9(10(7)12(14)17-19)16-13(18)11-8(2)15-6-20-11/h3-6,19H,1-2H3,(H2,14,17)(H,16,18). The van der Waals surface area contributed by atoms with Gasteiger partial charge in [0, 0.05) is 5.56 Å². The molecular formula is C13H14N4O2S. The van der Waals surface area contributed by atoms with Crippen LogP contribution in [0, 0.1) is 13.8 Å². The number of thiazole rings is 1. The molecule has 0 fully saturated rings. The Balaban J connectivity index is 2.38. The van der Waals surface area contributed by atoms with Gasteiger partial charge in [-0.25, -0.2) is 4.98 Å². The molecule has 0 saturated carbocycles. The van der Waals surface area contributed by atoms with E-state index in [1.165, 1.54) is 11.3 Å². The number of oxime groups is 1. The van der Waals surface area contributed by atoms with Crippen LogP contribution in [0.5, 0.6) is 0 Å². The van der Waals surface area contributed by atoms with E-state index in [1.54, 1.807) is 24.6 Å². The van der Waals surface area contributed by atoms with E-state index in [4.69, 9.17) is 10.9 Å². The summed E-state index contributed by atoms with van der Waals surface area (Å²) in [6.07, 6.45) is 0. The number of nitrogens with two attached hydrogens (primary N) is 1. The number of aryl methyl sites for hydroxylation is 2. The topological polar surface area (TPSA) is 101 Å². The third-order valence-electron chi connectivity index (χ3n) is 2.84. The maximum atomic E-state index is 12.2. The van der Waals surface area contributed by atoms with Crippen molar-refractivity contribution >= 4 is 28.8 Å². The second-order valence-electron chi connectivity index (χ2n) is 4.20. The predicted octanol–water partition coefficient (Wildman–Crippen LogP) is 2.11. The van der Waals surface area contributed by atoms with Gasteiger partial charge in [-0.15, -0.1) is 11.3 Å². The molecule has 6 nitrogen and oxygen atoms in total. The first-order chi connectivity index (χ1) is 9.54. The Hall–Kier alpha value is -2.41. The highest BCUT2D eigenvalue weighted by Crippen LogP contribution is 2.21. The van der Waals surface area contributed by atoms with Crippen LogP contribution in [0.15, 0.2) is 28.9 Å². The van der Waals surface area contributed by atoms with Crippen LogP contribution in [0.2, 0.25) is 0 Å². The highest BCUT2D eigenvalue weighted by atomic mass is 32.1. The van der Waals surface area contributed by atoms with Crippen molar-refractivity contribution in [3.63, 3.8) is 0 Å². The quantitative estimate of drug-likeness (QED) is 0.349. The number of hydrogen-bond donors (Lipinski definition) is 3. The molecule has 20 heavy (non-hydrogen) atoms. The van der Waals surface area contributed by atoms with Crippen molar-refractivity contribution in [1.29, 1.82) is 0 Å². The molecule has 0 bridgehead atoms. The van der Waals surface area contributed by atoms with Crippen LogP contribution in [0.3, 0.4) is 0 Å². The average Bonchev–Trinajstić information content (AvgIpc) is 2.84. The van der Waals surface area contributed by atoms with Gasteiger partial charge in [0.1, 0.15) is 4.88 Å². The second kappa shape index (κ2) is 5.70. The average molecular weight is 290 g/mol. The van der Waals surface area contributed by atoms with Gasteiger partial charge in [-0.2, -0.15) is 0 Å². The first kappa shape index (κ1) is 14.0. The molecule has 1 heterocycles. The molecule has 0 aliphatic rings. The maximum absolute atomic E-state index is 12.2. The Morgan fingerprint density at radius 2 is 2.20 bits per heavy atom. The Kier molecular flexibility index (Phi) is 3.99. The summed E-state index contributed by atoms with van der Waals surface area (Å²) in [6, 6.07) is 5.31. The summed E-state index contributed by atoms with van der Waals surface area (Å²) in [5.74, 6) is -0.304. The highest BCUT2D eigenvalue weighted by molar-refractivity contribution is 7.12. The lowest BCUT2D eigenvalue weighted by molar-refractivity contribution is 0.103. The zero-order chi connectivity index (χ0) is 14.7. The van der Waals surface area contributed by atoms with Gasteiger partial charge < -0.3 is 16.3 Å². The molecule has 1 aromatic carbocycles. The van der Waals surface area contributed by atoms with Crippen LogP contribution in [-0.2, 0) is 0 Å². The first-order valence-corrected chi connectivity index (χ1v) is 6.71. The number of amidine groups is 1. The lowest BCUT2D eigenvalue weighted by atomic mass is 10.1. The summed E-state index contributed by atoms with van der Waals surface area (Å²) in [5.41, 5.74) is 9.76. The summed E-state index contributed by atoms with van der Waals surface area (Å²) >= 11 is 1.27. The van der Waals surface area contributed by atoms with Crippen molar-refractivity contribution in [2.75, 3.05) is 5.32 Å². The Morgan fingerprint density at radius 3 is 2.80 bits per heavy atom. The number of benzene rings is 1. The van der Waals surface area contributed by atoms with E-state index in [0.29, 0.717) is 21.8 Å². The molecule has 7 heteroatoms. The van der Waals surface area contributed by atoms with Crippen LogP contribution in [0.25, 0.3) is 0 Å². The molecule has 104 valence electrons. The third kappa shape index (κ3) is 2.62. The number of aromatic nitrogens is 1. The molecular weight excluding hydrogens is 276 g/mol. The van der Waals surface area contributed by atoms with E-state index >= 15 is 0 Å². The van der Waals surface area contributed by atoms with E-state index in [9.17, 15) is 4.79 Å². The minimum absolute atomic E-state index is 0.0422. The van der Waals surface area contributed by atoms with Gasteiger partial charge in [-0.1, -0.05) is 17.3 Å². The molecule has 0 radical (unpaired) electrons. The lowest BCUT2D eigenvalue weighted by Crippen LogP contribution is -2.20. The molecule has 1 amide bonds. The Bertz CT molecular complexity index is 679.